The quantitative estimate of drug-likeness (QED) is 0.693. The van der Waals surface area contributed by atoms with Gasteiger partial charge in [-0.3, -0.25) is 9.69 Å². The highest BCUT2D eigenvalue weighted by Gasteiger charge is 2.35. The Hall–Kier alpha value is -1.95. The Morgan fingerprint density at radius 1 is 1.05 bits per heavy atom. The van der Waals surface area contributed by atoms with Gasteiger partial charge in [0.15, 0.2) is 4.32 Å². The molecule has 2 aromatic carbocycles. The first kappa shape index (κ1) is 15.0. The van der Waals surface area contributed by atoms with Crippen LogP contribution in [0.3, 0.4) is 0 Å². The Bertz CT molecular complexity index is 742. The van der Waals surface area contributed by atoms with E-state index in [1.807, 2.05) is 60.7 Å². The predicted octanol–water partition coefficient (Wildman–Crippen LogP) is 3.42. The van der Waals surface area contributed by atoms with Crippen LogP contribution in [0, 0.1) is 0 Å². The molecule has 2 N–H and O–H groups in total. The van der Waals surface area contributed by atoms with Crippen LogP contribution in [-0.4, -0.2) is 16.8 Å². The Labute approximate surface area is 138 Å². The summed E-state index contributed by atoms with van der Waals surface area (Å²) in [6.07, 6.45) is 0. The number of anilines is 1. The summed E-state index contributed by atoms with van der Waals surface area (Å²) < 4.78 is 0.535. The maximum absolute atomic E-state index is 12.8. The Morgan fingerprint density at radius 2 is 1.64 bits per heavy atom. The lowest BCUT2D eigenvalue weighted by molar-refractivity contribution is -0.113. The molecule has 0 saturated carbocycles. The number of carbonyl (C=O) groups excluding carboxylic acids is 1. The normalized spacial score (nSPS) is 17.0. The van der Waals surface area contributed by atoms with E-state index in [0.29, 0.717) is 15.8 Å². The molecule has 1 heterocycles. The first-order chi connectivity index (χ1) is 10.7. The van der Waals surface area contributed by atoms with Gasteiger partial charge in [-0.05, 0) is 23.3 Å². The zero-order valence-corrected chi connectivity index (χ0v) is 13.4. The molecule has 1 saturated heterocycles. The van der Waals surface area contributed by atoms with Gasteiger partial charge in [-0.1, -0.05) is 72.5 Å². The van der Waals surface area contributed by atoms with Crippen molar-refractivity contribution in [2.45, 2.75) is 0 Å². The zero-order chi connectivity index (χ0) is 15.5. The standard InChI is InChI=1S/C17H14N2OS2/c18-11-14(12-7-3-1-4-8-12)15-16(20)19(17(21)22-15)13-9-5-2-6-10-13/h1-10H,11,18H2. The van der Waals surface area contributed by atoms with Crippen LogP contribution in [0.1, 0.15) is 5.56 Å². The number of para-hydroxylation sites is 1. The summed E-state index contributed by atoms with van der Waals surface area (Å²) in [5, 5.41) is 0. The predicted molar refractivity (Wildman–Crippen MR) is 96.5 cm³/mol. The van der Waals surface area contributed by atoms with Gasteiger partial charge < -0.3 is 5.73 Å². The van der Waals surface area contributed by atoms with Crippen LogP contribution in [0.2, 0.25) is 0 Å². The molecule has 3 nitrogen and oxygen atoms in total. The molecule has 0 atom stereocenters. The van der Waals surface area contributed by atoms with Gasteiger partial charge in [-0.25, -0.2) is 0 Å². The number of carbonyl (C=O) groups is 1. The van der Waals surface area contributed by atoms with Gasteiger partial charge in [0.05, 0.1) is 10.6 Å². The number of hydrogen-bond donors (Lipinski definition) is 1. The van der Waals surface area contributed by atoms with Crippen LogP contribution in [0.5, 0.6) is 0 Å². The van der Waals surface area contributed by atoms with Crippen LogP contribution in [0.15, 0.2) is 65.6 Å². The van der Waals surface area contributed by atoms with E-state index in [9.17, 15) is 4.79 Å². The van der Waals surface area contributed by atoms with E-state index in [4.69, 9.17) is 18.0 Å². The lowest BCUT2D eigenvalue weighted by Crippen LogP contribution is -2.27. The molecular formula is C17H14N2OS2. The summed E-state index contributed by atoms with van der Waals surface area (Å²) >= 11 is 6.70. The number of rotatable bonds is 3. The number of thiocarbonyl (C=S) groups is 1. The molecule has 110 valence electrons. The highest BCUT2D eigenvalue weighted by Crippen LogP contribution is 2.38. The molecule has 0 bridgehead atoms. The third kappa shape index (κ3) is 2.70. The van der Waals surface area contributed by atoms with Crippen molar-refractivity contribution in [1.82, 2.24) is 0 Å². The fraction of sp³-hybridized carbons (Fsp3) is 0.0588. The summed E-state index contributed by atoms with van der Waals surface area (Å²) in [6, 6.07) is 19.1. The fourth-order valence-electron chi connectivity index (χ4n) is 2.33. The van der Waals surface area contributed by atoms with Crippen molar-refractivity contribution in [2.75, 3.05) is 11.4 Å². The van der Waals surface area contributed by atoms with Gasteiger partial charge in [0, 0.05) is 6.54 Å². The molecule has 1 amide bonds. The fourth-order valence-corrected chi connectivity index (χ4v) is 3.73. The van der Waals surface area contributed by atoms with Crippen molar-refractivity contribution in [3.63, 3.8) is 0 Å². The zero-order valence-electron chi connectivity index (χ0n) is 11.7. The van der Waals surface area contributed by atoms with Crippen LogP contribution in [0.25, 0.3) is 5.57 Å². The third-order valence-corrected chi connectivity index (χ3v) is 4.80. The van der Waals surface area contributed by atoms with E-state index in [1.165, 1.54) is 11.8 Å². The minimum absolute atomic E-state index is 0.106. The molecule has 0 radical (unpaired) electrons. The molecule has 0 aromatic heterocycles. The van der Waals surface area contributed by atoms with E-state index in [1.54, 1.807) is 4.90 Å². The number of amides is 1. The second-order valence-electron chi connectivity index (χ2n) is 4.72. The SMILES string of the molecule is NCC(=C1SC(=S)N(c2ccccc2)C1=O)c1ccccc1. The number of benzene rings is 2. The molecule has 0 unspecified atom stereocenters. The molecule has 1 aliphatic rings. The second-order valence-corrected chi connectivity index (χ2v) is 6.37. The smallest absolute Gasteiger partial charge is 0.271 e. The van der Waals surface area contributed by atoms with Gasteiger partial charge in [-0.2, -0.15) is 0 Å². The lowest BCUT2D eigenvalue weighted by Gasteiger charge is -2.14. The van der Waals surface area contributed by atoms with E-state index in [2.05, 4.69) is 0 Å². The van der Waals surface area contributed by atoms with Gasteiger partial charge in [0.2, 0.25) is 0 Å². The van der Waals surface area contributed by atoms with Crippen LogP contribution in [-0.2, 0) is 4.79 Å². The van der Waals surface area contributed by atoms with Crippen LogP contribution >= 0.6 is 24.0 Å². The number of thioether (sulfide) groups is 1. The number of nitrogens with two attached hydrogens (primary N) is 1. The van der Waals surface area contributed by atoms with Crippen molar-refractivity contribution in [3.8, 4) is 0 Å². The first-order valence-corrected chi connectivity index (χ1v) is 8.05. The van der Waals surface area contributed by atoms with Crippen molar-refractivity contribution in [3.05, 3.63) is 71.1 Å². The van der Waals surface area contributed by atoms with Gasteiger partial charge in [-0.15, -0.1) is 0 Å². The van der Waals surface area contributed by atoms with Crippen LogP contribution < -0.4 is 10.6 Å². The van der Waals surface area contributed by atoms with Crippen molar-refractivity contribution in [1.29, 1.82) is 0 Å². The number of hydrogen-bond acceptors (Lipinski definition) is 4. The van der Waals surface area contributed by atoms with Gasteiger partial charge >= 0.3 is 0 Å². The minimum Gasteiger partial charge on any atom is -0.326 e. The first-order valence-electron chi connectivity index (χ1n) is 6.82. The lowest BCUT2D eigenvalue weighted by atomic mass is 10.1. The molecule has 1 fully saturated rings. The molecule has 5 heteroatoms. The van der Waals surface area contributed by atoms with E-state index in [-0.39, 0.29) is 5.91 Å². The minimum atomic E-state index is -0.106. The molecule has 0 aliphatic carbocycles. The summed E-state index contributed by atoms with van der Waals surface area (Å²) in [7, 11) is 0. The maximum Gasteiger partial charge on any atom is 0.271 e. The summed E-state index contributed by atoms with van der Waals surface area (Å²) in [5.41, 5.74) is 8.46. The topological polar surface area (TPSA) is 46.3 Å². The Kier molecular flexibility index (Phi) is 4.38. The summed E-state index contributed by atoms with van der Waals surface area (Å²) in [4.78, 5) is 15.0. The number of nitrogens with zero attached hydrogens (tertiary/aromatic N) is 1. The van der Waals surface area contributed by atoms with Crippen molar-refractivity contribution in [2.24, 2.45) is 5.73 Å². The molecular weight excluding hydrogens is 312 g/mol. The van der Waals surface area contributed by atoms with E-state index >= 15 is 0 Å². The highest BCUT2D eigenvalue weighted by atomic mass is 32.2. The largest absolute Gasteiger partial charge is 0.326 e. The second kappa shape index (κ2) is 6.44. The Balaban J connectivity index is 2.05. The average Bonchev–Trinajstić information content (AvgIpc) is 2.85. The van der Waals surface area contributed by atoms with Crippen LogP contribution in [0.4, 0.5) is 5.69 Å². The third-order valence-electron chi connectivity index (χ3n) is 3.38. The van der Waals surface area contributed by atoms with E-state index in [0.717, 1.165) is 16.8 Å². The molecule has 0 spiro atoms. The molecule has 22 heavy (non-hydrogen) atoms. The molecule has 2 aromatic rings. The van der Waals surface area contributed by atoms with Crippen molar-refractivity contribution < 1.29 is 4.79 Å². The monoisotopic (exact) mass is 326 g/mol. The van der Waals surface area contributed by atoms with E-state index < -0.39 is 0 Å². The molecule has 3 rings (SSSR count). The maximum atomic E-state index is 12.8. The van der Waals surface area contributed by atoms with Crippen molar-refractivity contribution >= 4 is 45.5 Å². The summed E-state index contributed by atoms with van der Waals surface area (Å²) in [5.74, 6) is -0.106. The van der Waals surface area contributed by atoms with Gasteiger partial charge in [0.25, 0.3) is 5.91 Å². The highest BCUT2D eigenvalue weighted by molar-refractivity contribution is 8.27. The summed E-state index contributed by atoms with van der Waals surface area (Å²) in [6.45, 7) is 0.295. The Morgan fingerprint density at radius 3 is 2.23 bits per heavy atom. The average molecular weight is 326 g/mol. The van der Waals surface area contributed by atoms with Gasteiger partial charge in [0.1, 0.15) is 0 Å². The molecule has 1 aliphatic heterocycles.